The molecule has 0 aliphatic heterocycles. The number of nitrogens with zero attached hydrogens (tertiary/aromatic N) is 3. The highest BCUT2D eigenvalue weighted by atomic mass is 16.4. The van der Waals surface area contributed by atoms with Crippen LogP contribution in [0, 0.1) is 20.8 Å². The van der Waals surface area contributed by atoms with Crippen LogP contribution in [0.25, 0.3) is 0 Å². The molecule has 3 N–H and O–H groups in total. The molecule has 0 radical (unpaired) electrons. The van der Waals surface area contributed by atoms with Gasteiger partial charge in [0.05, 0.1) is 12.2 Å². The summed E-state index contributed by atoms with van der Waals surface area (Å²) in [6.45, 7) is 6.76. The highest BCUT2D eigenvalue weighted by Crippen LogP contribution is 2.14. The SMILES string of the molecule is Cc1cc(C)n(Cc2ccc(/C(N)=N/O)cc2C)n1. The van der Waals surface area contributed by atoms with E-state index in [4.69, 9.17) is 10.9 Å². The number of rotatable bonds is 3. The lowest BCUT2D eigenvalue weighted by Crippen LogP contribution is -2.14. The molecule has 0 bridgehead atoms. The molecule has 0 saturated heterocycles. The average molecular weight is 258 g/mol. The Balaban J connectivity index is 2.29. The summed E-state index contributed by atoms with van der Waals surface area (Å²) < 4.78 is 1.97. The third-order valence-corrected chi connectivity index (χ3v) is 3.17. The molecule has 0 unspecified atom stereocenters. The first kappa shape index (κ1) is 13.1. The minimum absolute atomic E-state index is 0.126. The summed E-state index contributed by atoms with van der Waals surface area (Å²) in [4.78, 5) is 0. The van der Waals surface area contributed by atoms with Crippen LogP contribution in [0.1, 0.15) is 28.1 Å². The van der Waals surface area contributed by atoms with E-state index in [1.807, 2.05) is 43.7 Å². The molecule has 5 nitrogen and oxygen atoms in total. The third-order valence-electron chi connectivity index (χ3n) is 3.17. The van der Waals surface area contributed by atoms with Crippen molar-refractivity contribution in [3.05, 3.63) is 52.3 Å². The molecular weight excluding hydrogens is 240 g/mol. The van der Waals surface area contributed by atoms with E-state index < -0.39 is 0 Å². The Morgan fingerprint density at radius 1 is 1.32 bits per heavy atom. The zero-order valence-corrected chi connectivity index (χ0v) is 11.4. The van der Waals surface area contributed by atoms with Crippen molar-refractivity contribution < 1.29 is 5.21 Å². The van der Waals surface area contributed by atoms with Gasteiger partial charge in [-0.2, -0.15) is 5.10 Å². The second-order valence-corrected chi connectivity index (χ2v) is 4.71. The van der Waals surface area contributed by atoms with Crippen LogP contribution in [0.2, 0.25) is 0 Å². The Hall–Kier alpha value is -2.30. The molecule has 1 heterocycles. The smallest absolute Gasteiger partial charge is 0.170 e. The lowest BCUT2D eigenvalue weighted by Gasteiger charge is -2.09. The minimum Gasteiger partial charge on any atom is -0.409 e. The number of hydrogen-bond donors (Lipinski definition) is 2. The predicted molar refractivity (Wildman–Crippen MR) is 74.5 cm³/mol. The minimum atomic E-state index is 0.126. The highest BCUT2D eigenvalue weighted by molar-refractivity contribution is 5.97. The zero-order valence-electron chi connectivity index (χ0n) is 11.4. The van der Waals surface area contributed by atoms with E-state index in [2.05, 4.69) is 16.3 Å². The summed E-state index contributed by atoms with van der Waals surface area (Å²) in [6, 6.07) is 7.80. The van der Waals surface area contributed by atoms with E-state index in [0.29, 0.717) is 0 Å². The number of aryl methyl sites for hydroxylation is 3. The fourth-order valence-electron chi connectivity index (χ4n) is 2.09. The van der Waals surface area contributed by atoms with E-state index in [0.717, 1.165) is 29.1 Å². The predicted octanol–water partition coefficient (Wildman–Crippen LogP) is 1.95. The van der Waals surface area contributed by atoms with Crippen molar-refractivity contribution >= 4 is 5.84 Å². The summed E-state index contributed by atoms with van der Waals surface area (Å²) in [7, 11) is 0. The van der Waals surface area contributed by atoms with Gasteiger partial charge in [-0.05, 0) is 44.0 Å². The highest BCUT2D eigenvalue weighted by Gasteiger charge is 2.06. The molecule has 0 aliphatic carbocycles. The summed E-state index contributed by atoms with van der Waals surface area (Å²) in [5.74, 6) is 0.126. The van der Waals surface area contributed by atoms with E-state index in [1.54, 1.807) is 0 Å². The van der Waals surface area contributed by atoms with E-state index in [-0.39, 0.29) is 5.84 Å². The lowest BCUT2D eigenvalue weighted by atomic mass is 10.0. The van der Waals surface area contributed by atoms with Gasteiger partial charge in [0.1, 0.15) is 0 Å². The zero-order chi connectivity index (χ0) is 14.0. The van der Waals surface area contributed by atoms with Crippen LogP contribution in [0.5, 0.6) is 0 Å². The number of nitrogens with two attached hydrogens (primary N) is 1. The first-order chi connectivity index (χ1) is 9.01. The molecule has 0 amide bonds. The summed E-state index contributed by atoms with van der Waals surface area (Å²) in [6.07, 6.45) is 0. The molecule has 0 spiro atoms. The molecule has 1 aromatic heterocycles. The standard InChI is InChI=1S/C14H18N4O/c1-9-6-12(14(15)17-19)4-5-13(9)8-18-11(3)7-10(2)16-18/h4-7,19H,8H2,1-3H3,(H2,15,17). The molecule has 100 valence electrons. The maximum Gasteiger partial charge on any atom is 0.170 e. The maximum atomic E-state index is 8.67. The maximum absolute atomic E-state index is 8.67. The molecule has 0 aliphatic rings. The molecule has 0 fully saturated rings. The normalized spacial score (nSPS) is 11.8. The fourth-order valence-corrected chi connectivity index (χ4v) is 2.09. The van der Waals surface area contributed by atoms with Crippen LogP contribution in [-0.2, 0) is 6.54 Å². The number of aromatic nitrogens is 2. The summed E-state index contributed by atoms with van der Waals surface area (Å²) >= 11 is 0. The van der Waals surface area contributed by atoms with Gasteiger partial charge in [-0.3, -0.25) is 4.68 Å². The van der Waals surface area contributed by atoms with Crippen molar-refractivity contribution in [3.63, 3.8) is 0 Å². The Labute approximate surface area is 112 Å². The van der Waals surface area contributed by atoms with Crippen molar-refractivity contribution in [1.82, 2.24) is 9.78 Å². The largest absolute Gasteiger partial charge is 0.409 e. The number of hydrogen-bond acceptors (Lipinski definition) is 3. The molecule has 5 heteroatoms. The van der Waals surface area contributed by atoms with Crippen molar-refractivity contribution in [1.29, 1.82) is 0 Å². The lowest BCUT2D eigenvalue weighted by molar-refractivity contribution is 0.318. The van der Waals surface area contributed by atoms with Gasteiger partial charge in [0.25, 0.3) is 0 Å². The summed E-state index contributed by atoms with van der Waals surface area (Å²) in [5, 5.41) is 16.1. The Morgan fingerprint density at radius 2 is 2.05 bits per heavy atom. The van der Waals surface area contributed by atoms with E-state index >= 15 is 0 Å². The van der Waals surface area contributed by atoms with Crippen molar-refractivity contribution in [2.45, 2.75) is 27.3 Å². The quantitative estimate of drug-likeness (QED) is 0.382. The Morgan fingerprint density at radius 3 is 2.58 bits per heavy atom. The topological polar surface area (TPSA) is 76.4 Å². The van der Waals surface area contributed by atoms with Crippen LogP contribution >= 0.6 is 0 Å². The van der Waals surface area contributed by atoms with Crippen LogP contribution in [0.15, 0.2) is 29.4 Å². The second kappa shape index (κ2) is 5.14. The summed E-state index contributed by atoms with van der Waals surface area (Å²) in [5.41, 5.74) is 10.7. The number of amidine groups is 1. The van der Waals surface area contributed by atoms with Gasteiger partial charge in [0.2, 0.25) is 0 Å². The second-order valence-electron chi connectivity index (χ2n) is 4.71. The van der Waals surface area contributed by atoms with Gasteiger partial charge in [-0.25, -0.2) is 0 Å². The first-order valence-corrected chi connectivity index (χ1v) is 6.09. The molecule has 0 atom stereocenters. The molecule has 19 heavy (non-hydrogen) atoms. The van der Waals surface area contributed by atoms with Gasteiger partial charge in [-0.15, -0.1) is 0 Å². The van der Waals surface area contributed by atoms with Gasteiger partial charge < -0.3 is 10.9 Å². The van der Waals surface area contributed by atoms with Crippen molar-refractivity contribution in [2.75, 3.05) is 0 Å². The monoisotopic (exact) mass is 258 g/mol. The fraction of sp³-hybridized carbons (Fsp3) is 0.286. The molecular formula is C14H18N4O. The number of oxime groups is 1. The third kappa shape index (κ3) is 2.76. The Kier molecular flexibility index (Phi) is 3.55. The van der Waals surface area contributed by atoms with E-state index in [9.17, 15) is 0 Å². The van der Waals surface area contributed by atoms with Gasteiger partial charge in [-0.1, -0.05) is 17.3 Å². The van der Waals surface area contributed by atoms with Gasteiger partial charge >= 0.3 is 0 Å². The molecule has 0 saturated carbocycles. The van der Waals surface area contributed by atoms with E-state index in [1.165, 1.54) is 5.56 Å². The van der Waals surface area contributed by atoms with Crippen molar-refractivity contribution in [2.24, 2.45) is 10.9 Å². The van der Waals surface area contributed by atoms with Crippen LogP contribution in [0.4, 0.5) is 0 Å². The molecule has 1 aromatic carbocycles. The van der Waals surface area contributed by atoms with Crippen LogP contribution < -0.4 is 5.73 Å². The number of benzene rings is 1. The first-order valence-electron chi connectivity index (χ1n) is 6.09. The van der Waals surface area contributed by atoms with Crippen LogP contribution in [0.3, 0.4) is 0 Å². The molecule has 2 aromatic rings. The van der Waals surface area contributed by atoms with Gasteiger partial charge in [0.15, 0.2) is 5.84 Å². The Bertz CT molecular complexity index is 628. The average Bonchev–Trinajstić information content (AvgIpc) is 2.69. The van der Waals surface area contributed by atoms with Crippen LogP contribution in [-0.4, -0.2) is 20.8 Å². The molecule has 2 rings (SSSR count). The van der Waals surface area contributed by atoms with Crippen molar-refractivity contribution in [3.8, 4) is 0 Å². The van der Waals surface area contributed by atoms with Gasteiger partial charge in [0, 0.05) is 11.3 Å².